The number of ether oxygens (including phenoxy) is 1. The van der Waals surface area contributed by atoms with Crippen LogP contribution in [0, 0.1) is 0 Å². The number of aromatic hydroxyl groups is 1. The molecule has 0 radical (unpaired) electrons. The molecule has 0 aliphatic carbocycles. The Bertz CT molecular complexity index is 571. The molecule has 0 fully saturated rings. The summed E-state index contributed by atoms with van der Waals surface area (Å²) in [6.45, 7) is 6.41. The quantitative estimate of drug-likeness (QED) is 0.876. The molecule has 1 heterocycles. The summed E-state index contributed by atoms with van der Waals surface area (Å²) in [6, 6.07) is 8.83. The molecule has 100 valence electrons. The molecule has 2 aromatic rings. The van der Waals surface area contributed by atoms with Crippen molar-refractivity contribution in [2.24, 2.45) is 0 Å². The molecule has 1 aromatic heterocycles. The molecule has 0 amide bonds. The first kappa shape index (κ1) is 13.9. The maximum Gasteiger partial charge on any atom is 0.219 e. The average molecular weight is 322 g/mol. The van der Waals surface area contributed by atoms with E-state index in [1.54, 1.807) is 24.4 Å². The van der Waals surface area contributed by atoms with Crippen LogP contribution < -0.4 is 4.74 Å². The molecule has 0 saturated carbocycles. The standard InChI is InChI=1S/C15H16BrNO2/c1-15(2,3)10-4-5-17-14(6-10)19-13-8-11(16)7-12(18)9-13/h4-9,18H,1-3H3. The minimum absolute atomic E-state index is 0.0421. The first-order valence-electron chi connectivity index (χ1n) is 5.98. The van der Waals surface area contributed by atoms with E-state index in [9.17, 15) is 5.11 Å². The van der Waals surface area contributed by atoms with Crippen LogP contribution in [-0.2, 0) is 5.41 Å². The number of halogens is 1. The maximum absolute atomic E-state index is 9.53. The fourth-order valence-corrected chi connectivity index (χ4v) is 2.12. The highest BCUT2D eigenvalue weighted by molar-refractivity contribution is 9.10. The van der Waals surface area contributed by atoms with Gasteiger partial charge in [0.05, 0.1) is 0 Å². The van der Waals surface area contributed by atoms with Crippen molar-refractivity contribution >= 4 is 15.9 Å². The highest BCUT2D eigenvalue weighted by atomic mass is 79.9. The van der Waals surface area contributed by atoms with E-state index in [-0.39, 0.29) is 11.2 Å². The lowest BCUT2D eigenvalue weighted by molar-refractivity contribution is 0.442. The van der Waals surface area contributed by atoms with Crippen LogP contribution in [-0.4, -0.2) is 10.1 Å². The van der Waals surface area contributed by atoms with Gasteiger partial charge in [0, 0.05) is 22.8 Å². The van der Waals surface area contributed by atoms with Crippen molar-refractivity contribution in [3.63, 3.8) is 0 Å². The third-order valence-electron chi connectivity index (χ3n) is 2.68. The highest BCUT2D eigenvalue weighted by Gasteiger charge is 2.14. The molecule has 0 saturated heterocycles. The molecule has 1 aromatic carbocycles. The topological polar surface area (TPSA) is 42.4 Å². The minimum Gasteiger partial charge on any atom is -0.508 e. The van der Waals surface area contributed by atoms with Gasteiger partial charge in [-0.25, -0.2) is 4.98 Å². The molecule has 0 aliphatic heterocycles. The van der Waals surface area contributed by atoms with E-state index in [4.69, 9.17) is 4.74 Å². The van der Waals surface area contributed by atoms with Gasteiger partial charge in [-0.2, -0.15) is 0 Å². The Morgan fingerprint density at radius 3 is 2.53 bits per heavy atom. The Morgan fingerprint density at radius 1 is 1.16 bits per heavy atom. The van der Waals surface area contributed by atoms with E-state index in [0.717, 1.165) is 10.0 Å². The summed E-state index contributed by atoms with van der Waals surface area (Å²) in [5.74, 6) is 1.21. The summed E-state index contributed by atoms with van der Waals surface area (Å²) >= 11 is 3.31. The second-order valence-corrected chi connectivity index (χ2v) is 6.30. The molecule has 0 bridgehead atoms. The smallest absolute Gasteiger partial charge is 0.219 e. The molecular weight excluding hydrogens is 306 g/mol. The Morgan fingerprint density at radius 2 is 1.89 bits per heavy atom. The Hall–Kier alpha value is -1.55. The lowest BCUT2D eigenvalue weighted by Gasteiger charge is -2.19. The van der Waals surface area contributed by atoms with Crippen LogP contribution >= 0.6 is 15.9 Å². The molecule has 0 atom stereocenters. The van der Waals surface area contributed by atoms with Crippen LogP contribution in [0.2, 0.25) is 0 Å². The number of hydrogen-bond donors (Lipinski definition) is 1. The third kappa shape index (κ3) is 3.70. The molecule has 2 rings (SSSR count). The van der Waals surface area contributed by atoms with E-state index in [1.165, 1.54) is 0 Å². The molecule has 0 aliphatic rings. The average Bonchev–Trinajstić information content (AvgIpc) is 2.26. The van der Waals surface area contributed by atoms with E-state index in [0.29, 0.717) is 11.6 Å². The largest absolute Gasteiger partial charge is 0.508 e. The normalized spacial score (nSPS) is 11.4. The predicted molar refractivity (Wildman–Crippen MR) is 78.8 cm³/mol. The van der Waals surface area contributed by atoms with E-state index in [1.807, 2.05) is 12.1 Å². The van der Waals surface area contributed by atoms with Crippen LogP contribution in [0.4, 0.5) is 0 Å². The minimum atomic E-state index is 0.0421. The van der Waals surface area contributed by atoms with Gasteiger partial charge >= 0.3 is 0 Å². The molecule has 0 unspecified atom stereocenters. The summed E-state index contributed by atoms with van der Waals surface area (Å²) < 4.78 is 6.43. The monoisotopic (exact) mass is 321 g/mol. The van der Waals surface area contributed by atoms with E-state index >= 15 is 0 Å². The molecule has 3 nitrogen and oxygen atoms in total. The second-order valence-electron chi connectivity index (χ2n) is 5.38. The van der Waals surface area contributed by atoms with Gasteiger partial charge < -0.3 is 9.84 Å². The van der Waals surface area contributed by atoms with Gasteiger partial charge in [0.2, 0.25) is 5.88 Å². The van der Waals surface area contributed by atoms with Gasteiger partial charge in [0.15, 0.2) is 0 Å². The van der Waals surface area contributed by atoms with Gasteiger partial charge in [0.25, 0.3) is 0 Å². The predicted octanol–water partition coefficient (Wildman–Crippen LogP) is 4.64. The maximum atomic E-state index is 9.53. The zero-order chi connectivity index (χ0) is 14.0. The molecular formula is C15H16BrNO2. The van der Waals surface area contributed by atoms with Crippen LogP contribution in [0.1, 0.15) is 26.3 Å². The number of benzene rings is 1. The fourth-order valence-electron chi connectivity index (χ4n) is 1.66. The van der Waals surface area contributed by atoms with Gasteiger partial charge in [-0.3, -0.25) is 0 Å². The first-order chi connectivity index (χ1) is 8.84. The summed E-state index contributed by atoms with van der Waals surface area (Å²) in [5, 5.41) is 9.53. The number of aromatic nitrogens is 1. The zero-order valence-corrected chi connectivity index (χ0v) is 12.7. The molecule has 1 N–H and O–H groups in total. The van der Waals surface area contributed by atoms with Crippen molar-refractivity contribution in [3.8, 4) is 17.4 Å². The summed E-state index contributed by atoms with van der Waals surface area (Å²) in [7, 11) is 0. The Kier molecular flexibility index (Phi) is 3.80. The number of hydrogen-bond acceptors (Lipinski definition) is 3. The van der Waals surface area contributed by atoms with Crippen LogP contribution in [0.5, 0.6) is 17.4 Å². The van der Waals surface area contributed by atoms with E-state index < -0.39 is 0 Å². The highest BCUT2D eigenvalue weighted by Crippen LogP contribution is 2.30. The first-order valence-corrected chi connectivity index (χ1v) is 6.78. The van der Waals surface area contributed by atoms with Crippen molar-refractivity contribution in [2.45, 2.75) is 26.2 Å². The number of rotatable bonds is 2. The van der Waals surface area contributed by atoms with Crippen molar-refractivity contribution in [3.05, 3.63) is 46.6 Å². The van der Waals surface area contributed by atoms with Crippen molar-refractivity contribution in [1.29, 1.82) is 0 Å². The van der Waals surface area contributed by atoms with Crippen molar-refractivity contribution in [2.75, 3.05) is 0 Å². The number of nitrogens with zero attached hydrogens (tertiary/aromatic N) is 1. The molecule has 19 heavy (non-hydrogen) atoms. The molecule has 0 spiro atoms. The van der Waals surface area contributed by atoms with Crippen molar-refractivity contribution in [1.82, 2.24) is 4.98 Å². The number of phenolic OH excluding ortho intramolecular Hbond substituents is 1. The summed E-state index contributed by atoms with van der Waals surface area (Å²) in [5.41, 5.74) is 1.19. The molecule has 4 heteroatoms. The summed E-state index contributed by atoms with van der Waals surface area (Å²) in [4.78, 5) is 4.19. The van der Waals surface area contributed by atoms with Crippen LogP contribution in [0.3, 0.4) is 0 Å². The lowest BCUT2D eigenvalue weighted by Crippen LogP contribution is -2.11. The van der Waals surface area contributed by atoms with Gasteiger partial charge in [-0.1, -0.05) is 36.7 Å². The lowest BCUT2D eigenvalue weighted by atomic mass is 9.88. The van der Waals surface area contributed by atoms with Crippen molar-refractivity contribution < 1.29 is 9.84 Å². The van der Waals surface area contributed by atoms with Crippen LogP contribution in [0.15, 0.2) is 41.0 Å². The SMILES string of the molecule is CC(C)(C)c1ccnc(Oc2cc(O)cc(Br)c2)c1. The fraction of sp³-hybridized carbons (Fsp3) is 0.267. The van der Waals surface area contributed by atoms with Gasteiger partial charge in [0.1, 0.15) is 11.5 Å². The third-order valence-corrected chi connectivity index (χ3v) is 3.14. The van der Waals surface area contributed by atoms with E-state index in [2.05, 4.69) is 41.7 Å². The van der Waals surface area contributed by atoms with Gasteiger partial charge in [-0.05, 0) is 29.2 Å². The van der Waals surface area contributed by atoms with Crippen LogP contribution in [0.25, 0.3) is 0 Å². The number of pyridine rings is 1. The summed E-state index contributed by atoms with van der Waals surface area (Å²) in [6.07, 6.45) is 1.73. The number of phenols is 1. The zero-order valence-electron chi connectivity index (χ0n) is 11.1. The van der Waals surface area contributed by atoms with Gasteiger partial charge in [-0.15, -0.1) is 0 Å². The second kappa shape index (κ2) is 5.21. The Labute approximate surface area is 121 Å². The Balaban J connectivity index is 2.28.